The van der Waals surface area contributed by atoms with Crippen molar-refractivity contribution in [1.29, 1.82) is 0 Å². The highest BCUT2D eigenvalue weighted by atomic mass is 32.2. The zero-order valence-electron chi connectivity index (χ0n) is 6.32. The van der Waals surface area contributed by atoms with E-state index in [-0.39, 0.29) is 0 Å². The average Bonchev–Trinajstić information content (AvgIpc) is 1.97. The van der Waals surface area contributed by atoms with Crippen molar-refractivity contribution in [2.24, 2.45) is 11.5 Å². The second-order valence-corrected chi connectivity index (χ2v) is 3.36. The Bertz CT molecular complexity index is 121. The normalized spacial score (nSPS) is 12.9. The van der Waals surface area contributed by atoms with E-state index < -0.39 is 12.0 Å². The van der Waals surface area contributed by atoms with Crippen LogP contribution in [-0.2, 0) is 4.79 Å². The minimum Gasteiger partial charge on any atom is -0.480 e. The molecule has 0 rings (SSSR count). The van der Waals surface area contributed by atoms with E-state index in [1.54, 1.807) is 11.8 Å². The fourth-order valence-electron chi connectivity index (χ4n) is 0.519. The highest BCUT2D eigenvalue weighted by Gasteiger charge is 2.09. The van der Waals surface area contributed by atoms with Crippen LogP contribution in [0.5, 0.6) is 0 Å². The van der Waals surface area contributed by atoms with Gasteiger partial charge in [-0.3, -0.25) is 4.79 Å². The molecule has 0 bridgehead atoms. The van der Waals surface area contributed by atoms with Crippen LogP contribution in [0.15, 0.2) is 0 Å². The zero-order chi connectivity index (χ0) is 8.69. The second-order valence-electron chi connectivity index (χ2n) is 2.13. The van der Waals surface area contributed by atoms with E-state index in [9.17, 15) is 4.79 Å². The molecular weight excluding hydrogens is 164 g/mol. The van der Waals surface area contributed by atoms with E-state index in [1.165, 1.54) is 0 Å². The van der Waals surface area contributed by atoms with Gasteiger partial charge in [0.05, 0.1) is 0 Å². The topological polar surface area (TPSA) is 89.3 Å². The molecule has 0 aromatic rings. The molecule has 0 radical (unpaired) electrons. The Balaban J connectivity index is 3.17. The summed E-state index contributed by atoms with van der Waals surface area (Å²) in [4.78, 5) is 10.2. The predicted octanol–water partition coefficient (Wildman–Crippen LogP) is -0.520. The third kappa shape index (κ3) is 6.15. The number of thioether (sulfide) groups is 1. The minimum absolute atomic E-state index is 0.514. The summed E-state index contributed by atoms with van der Waals surface area (Å²) >= 11 is 1.63. The van der Waals surface area contributed by atoms with Gasteiger partial charge in [-0.25, -0.2) is 0 Å². The lowest BCUT2D eigenvalue weighted by Gasteiger charge is -2.04. The third-order valence-corrected chi connectivity index (χ3v) is 2.20. The van der Waals surface area contributed by atoms with Crippen molar-refractivity contribution in [3.63, 3.8) is 0 Å². The highest BCUT2D eigenvalue weighted by molar-refractivity contribution is 7.99. The molecular formula is C6H14N2O2S. The van der Waals surface area contributed by atoms with Crippen LogP contribution in [0, 0.1) is 0 Å². The van der Waals surface area contributed by atoms with Gasteiger partial charge in [0.2, 0.25) is 0 Å². The van der Waals surface area contributed by atoms with Crippen molar-refractivity contribution in [3.05, 3.63) is 0 Å². The molecule has 0 aromatic carbocycles. The number of carboxylic acid groups (broad SMARTS) is 1. The van der Waals surface area contributed by atoms with Crippen molar-refractivity contribution >= 4 is 17.7 Å². The molecule has 4 nitrogen and oxygen atoms in total. The summed E-state index contributed by atoms with van der Waals surface area (Å²) in [6, 6.07) is -0.722. The van der Waals surface area contributed by atoms with Crippen LogP contribution in [0.4, 0.5) is 0 Å². The fraction of sp³-hybridized carbons (Fsp3) is 0.833. The molecule has 0 fully saturated rings. The van der Waals surface area contributed by atoms with E-state index in [0.29, 0.717) is 13.0 Å². The smallest absolute Gasteiger partial charge is 0.320 e. The monoisotopic (exact) mass is 178 g/mol. The summed E-state index contributed by atoms with van der Waals surface area (Å²) in [7, 11) is 0. The lowest BCUT2D eigenvalue weighted by molar-refractivity contribution is -0.138. The van der Waals surface area contributed by atoms with Gasteiger partial charge in [0.1, 0.15) is 6.04 Å². The summed E-state index contributed by atoms with van der Waals surface area (Å²) in [5, 5.41) is 8.38. The first-order valence-electron chi connectivity index (χ1n) is 3.44. The number of nitrogens with two attached hydrogens (primary N) is 2. The van der Waals surface area contributed by atoms with Crippen molar-refractivity contribution in [2.75, 3.05) is 18.1 Å². The molecule has 0 unspecified atom stereocenters. The second kappa shape index (κ2) is 6.45. The van der Waals surface area contributed by atoms with Crippen LogP contribution in [0.3, 0.4) is 0 Å². The Morgan fingerprint density at radius 2 is 2.18 bits per heavy atom. The molecule has 11 heavy (non-hydrogen) atoms. The third-order valence-electron chi connectivity index (χ3n) is 1.15. The molecule has 0 heterocycles. The number of hydrogen-bond donors (Lipinski definition) is 3. The van der Waals surface area contributed by atoms with Crippen molar-refractivity contribution in [1.82, 2.24) is 0 Å². The molecule has 0 aliphatic carbocycles. The number of rotatable bonds is 6. The Kier molecular flexibility index (Phi) is 6.30. The molecule has 0 spiro atoms. The lowest BCUT2D eigenvalue weighted by atomic mass is 10.2. The molecule has 0 amide bonds. The SMILES string of the molecule is NCCSCC[C@@H](N)C(=O)O. The van der Waals surface area contributed by atoms with Crippen molar-refractivity contribution < 1.29 is 9.90 Å². The van der Waals surface area contributed by atoms with E-state index >= 15 is 0 Å². The highest BCUT2D eigenvalue weighted by Crippen LogP contribution is 2.02. The van der Waals surface area contributed by atoms with Crippen LogP contribution in [0.1, 0.15) is 6.42 Å². The number of carboxylic acids is 1. The van der Waals surface area contributed by atoms with Gasteiger partial charge in [0.25, 0.3) is 0 Å². The molecule has 0 aliphatic heterocycles. The maximum atomic E-state index is 10.2. The number of hydrogen-bond acceptors (Lipinski definition) is 4. The van der Waals surface area contributed by atoms with E-state index in [0.717, 1.165) is 11.5 Å². The summed E-state index contributed by atoms with van der Waals surface area (Å²) in [5.74, 6) is 0.704. The number of carbonyl (C=O) groups is 1. The van der Waals surface area contributed by atoms with Gasteiger partial charge in [-0.1, -0.05) is 0 Å². The quantitative estimate of drug-likeness (QED) is 0.476. The van der Waals surface area contributed by atoms with Gasteiger partial charge in [-0.05, 0) is 12.2 Å². The Hall–Kier alpha value is -0.260. The zero-order valence-corrected chi connectivity index (χ0v) is 7.14. The van der Waals surface area contributed by atoms with E-state index in [4.69, 9.17) is 16.6 Å². The molecule has 66 valence electrons. The van der Waals surface area contributed by atoms with Gasteiger partial charge < -0.3 is 16.6 Å². The summed E-state index contributed by atoms with van der Waals surface area (Å²) in [5.41, 5.74) is 10.5. The van der Waals surface area contributed by atoms with E-state index in [1.807, 2.05) is 0 Å². The first kappa shape index (κ1) is 10.7. The van der Waals surface area contributed by atoms with Gasteiger partial charge in [0, 0.05) is 12.3 Å². The lowest BCUT2D eigenvalue weighted by Crippen LogP contribution is -2.30. The van der Waals surface area contributed by atoms with Crippen molar-refractivity contribution in [2.45, 2.75) is 12.5 Å². The van der Waals surface area contributed by atoms with Gasteiger partial charge in [0.15, 0.2) is 0 Å². The Morgan fingerprint density at radius 1 is 1.55 bits per heavy atom. The van der Waals surface area contributed by atoms with Crippen LogP contribution in [0.2, 0.25) is 0 Å². The van der Waals surface area contributed by atoms with Crippen LogP contribution in [-0.4, -0.2) is 35.2 Å². The minimum atomic E-state index is -0.932. The molecule has 0 saturated carbocycles. The predicted molar refractivity (Wildman–Crippen MR) is 46.6 cm³/mol. The van der Waals surface area contributed by atoms with Gasteiger partial charge >= 0.3 is 5.97 Å². The Labute approximate surface area is 70.3 Å². The van der Waals surface area contributed by atoms with Crippen LogP contribution in [0.25, 0.3) is 0 Å². The maximum absolute atomic E-state index is 10.2. The fourth-order valence-corrected chi connectivity index (χ4v) is 1.31. The molecule has 5 N–H and O–H groups in total. The number of aliphatic carboxylic acids is 1. The average molecular weight is 178 g/mol. The molecule has 0 aliphatic rings. The molecule has 5 heteroatoms. The van der Waals surface area contributed by atoms with E-state index in [2.05, 4.69) is 0 Å². The molecule has 0 saturated heterocycles. The van der Waals surface area contributed by atoms with Crippen molar-refractivity contribution in [3.8, 4) is 0 Å². The maximum Gasteiger partial charge on any atom is 0.320 e. The molecule has 1 atom stereocenters. The summed E-state index contributed by atoms with van der Waals surface area (Å²) in [6.45, 7) is 0.632. The largest absolute Gasteiger partial charge is 0.480 e. The molecule has 0 aromatic heterocycles. The van der Waals surface area contributed by atoms with Gasteiger partial charge in [-0.2, -0.15) is 11.8 Å². The first-order valence-corrected chi connectivity index (χ1v) is 4.60. The van der Waals surface area contributed by atoms with Gasteiger partial charge in [-0.15, -0.1) is 0 Å². The van der Waals surface area contributed by atoms with Crippen LogP contribution >= 0.6 is 11.8 Å². The summed E-state index contributed by atoms with van der Waals surface area (Å²) < 4.78 is 0. The first-order chi connectivity index (χ1) is 5.18. The standard InChI is InChI=1S/C6H14N2O2S/c7-2-4-11-3-1-5(8)6(9)10/h5H,1-4,7-8H2,(H,9,10)/t5-/m1/s1. The Morgan fingerprint density at radius 3 is 2.64 bits per heavy atom. The van der Waals surface area contributed by atoms with Crippen LogP contribution < -0.4 is 11.5 Å². The summed E-state index contributed by atoms with van der Waals surface area (Å²) in [6.07, 6.45) is 0.514.